The van der Waals surface area contributed by atoms with Crippen molar-refractivity contribution in [1.29, 1.82) is 0 Å². The van der Waals surface area contributed by atoms with Crippen molar-refractivity contribution in [1.82, 2.24) is 14.1 Å². The molecule has 0 atom stereocenters. The largest absolute Gasteiger partial charge is 0.497 e. The van der Waals surface area contributed by atoms with Crippen LogP contribution in [0.5, 0.6) is 5.75 Å². The molecule has 7 nitrogen and oxygen atoms in total. The van der Waals surface area contributed by atoms with E-state index < -0.39 is 0 Å². The molecule has 166 valence electrons. The number of carbonyl (C=O) groups is 1. The summed E-state index contributed by atoms with van der Waals surface area (Å²) in [4.78, 5) is 30.7. The zero-order chi connectivity index (χ0) is 23.0. The molecule has 0 saturated carbocycles. The van der Waals surface area contributed by atoms with Gasteiger partial charge in [-0.25, -0.2) is 4.98 Å². The van der Waals surface area contributed by atoms with Crippen LogP contribution in [0.15, 0.2) is 46.3 Å². The number of thioether (sulfide) groups is 1. The van der Waals surface area contributed by atoms with E-state index >= 15 is 0 Å². The van der Waals surface area contributed by atoms with Gasteiger partial charge in [0.15, 0.2) is 5.16 Å². The molecule has 0 radical (unpaired) electrons. The quantitative estimate of drug-likeness (QED) is 0.351. The van der Waals surface area contributed by atoms with E-state index in [1.165, 1.54) is 11.8 Å². The predicted molar refractivity (Wildman–Crippen MR) is 130 cm³/mol. The number of hydrogen-bond donors (Lipinski definition) is 1. The number of fused-ring (bicyclic) bond motifs is 3. The lowest BCUT2D eigenvalue weighted by Crippen LogP contribution is -2.24. The molecule has 0 bridgehead atoms. The number of ether oxygens (including phenoxy) is 1. The predicted octanol–water partition coefficient (Wildman–Crippen LogP) is 4.26. The lowest BCUT2D eigenvalue weighted by Gasteiger charge is -2.11. The summed E-state index contributed by atoms with van der Waals surface area (Å²) >= 11 is 1.26. The molecule has 32 heavy (non-hydrogen) atoms. The van der Waals surface area contributed by atoms with Crippen LogP contribution in [-0.4, -0.2) is 32.9 Å². The van der Waals surface area contributed by atoms with E-state index in [1.807, 2.05) is 62.7 Å². The fourth-order valence-electron chi connectivity index (χ4n) is 4.02. The minimum Gasteiger partial charge on any atom is -0.497 e. The first-order valence-corrected chi connectivity index (χ1v) is 11.4. The first kappa shape index (κ1) is 22.0. The lowest BCUT2D eigenvalue weighted by molar-refractivity contribution is -0.113. The van der Waals surface area contributed by atoms with Crippen molar-refractivity contribution in [3.05, 3.63) is 57.9 Å². The van der Waals surface area contributed by atoms with E-state index in [2.05, 4.69) is 11.4 Å². The Morgan fingerprint density at radius 3 is 2.53 bits per heavy atom. The van der Waals surface area contributed by atoms with Gasteiger partial charge in [0.1, 0.15) is 16.8 Å². The maximum Gasteiger partial charge on any atom is 0.278 e. The Morgan fingerprint density at radius 2 is 1.88 bits per heavy atom. The number of amides is 1. The second-order valence-corrected chi connectivity index (χ2v) is 8.74. The van der Waals surface area contributed by atoms with Gasteiger partial charge in [0, 0.05) is 24.7 Å². The SMILES string of the molecule is CCn1c(SCC(=O)Nc2cc(C)cc(C)c2)nc2c3cc(OC)ccc3n(C)c2c1=O. The zero-order valence-electron chi connectivity index (χ0n) is 18.9. The number of benzene rings is 2. The number of nitrogens with one attached hydrogen (secondary N) is 1. The first-order valence-electron chi connectivity index (χ1n) is 10.4. The molecule has 0 aliphatic heterocycles. The first-order chi connectivity index (χ1) is 15.3. The average molecular weight is 451 g/mol. The molecule has 2 heterocycles. The number of hydrogen-bond acceptors (Lipinski definition) is 5. The van der Waals surface area contributed by atoms with Crippen molar-refractivity contribution >= 4 is 45.3 Å². The molecule has 4 rings (SSSR count). The fourth-order valence-corrected chi connectivity index (χ4v) is 4.88. The van der Waals surface area contributed by atoms with Gasteiger partial charge < -0.3 is 14.6 Å². The van der Waals surface area contributed by atoms with E-state index in [4.69, 9.17) is 9.72 Å². The van der Waals surface area contributed by atoms with Crippen molar-refractivity contribution in [2.45, 2.75) is 32.5 Å². The van der Waals surface area contributed by atoms with Crippen molar-refractivity contribution in [2.75, 3.05) is 18.2 Å². The molecule has 2 aromatic carbocycles. The topological polar surface area (TPSA) is 78.2 Å². The van der Waals surface area contributed by atoms with Crippen LogP contribution in [0.2, 0.25) is 0 Å². The molecule has 1 N–H and O–H groups in total. The second-order valence-electron chi connectivity index (χ2n) is 7.80. The van der Waals surface area contributed by atoms with Gasteiger partial charge in [0.25, 0.3) is 5.56 Å². The number of anilines is 1. The maximum absolute atomic E-state index is 13.3. The third-order valence-corrected chi connectivity index (χ3v) is 6.40. The minimum absolute atomic E-state index is 0.118. The third kappa shape index (κ3) is 3.98. The number of rotatable bonds is 6. The van der Waals surface area contributed by atoms with Crippen LogP contribution < -0.4 is 15.6 Å². The summed E-state index contributed by atoms with van der Waals surface area (Å²) in [6.45, 7) is 6.36. The molecule has 0 unspecified atom stereocenters. The summed E-state index contributed by atoms with van der Waals surface area (Å²) in [7, 11) is 3.48. The highest BCUT2D eigenvalue weighted by Gasteiger charge is 2.19. The Morgan fingerprint density at radius 1 is 1.16 bits per heavy atom. The van der Waals surface area contributed by atoms with Crippen molar-refractivity contribution in [2.24, 2.45) is 7.05 Å². The molecule has 2 aromatic heterocycles. The molecular formula is C24H26N4O3S. The highest BCUT2D eigenvalue weighted by Crippen LogP contribution is 2.30. The summed E-state index contributed by atoms with van der Waals surface area (Å²) < 4.78 is 8.85. The van der Waals surface area contributed by atoms with Crippen LogP contribution in [0.3, 0.4) is 0 Å². The number of nitrogens with zero attached hydrogens (tertiary/aromatic N) is 3. The smallest absolute Gasteiger partial charge is 0.278 e. The van der Waals surface area contributed by atoms with Gasteiger partial charge in [0.2, 0.25) is 5.91 Å². The van der Waals surface area contributed by atoms with Gasteiger partial charge in [-0.2, -0.15) is 0 Å². The molecule has 0 fully saturated rings. The second kappa shape index (κ2) is 8.70. The van der Waals surface area contributed by atoms with Crippen LogP contribution in [-0.2, 0) is 18.4 Å². The molecule has 1 amide bonds. The third-order valence-electron chi connectivity index (χ3n) is 5.42. The Hall–Kier alpha value is -3.26. The van der Waals surface area contributed by atoms with Crippen molar-refractivity contribution in [3.63, 3.8) is 0 Å². The van der Waals surface area contributed by atoms with Gasteiger partial charge in [-0.15, -0.1) is 0 Å². The number of aryl methyl sites for hydroxylation is 3. The highest BCUT2D eigenvalue weighted by atomic mass is 32.2. The average Bonchev–Trinajstić information content (AvgIpc) is 3.03. The summed E-state index contributed by atoms with van der Waals surface area (Å²) in [6, 6.07) is 11.6. The molecular weight excluding hydrogens is 424 g/mol. The zero-order valence-corrected chi connectivity index (χ0v) is 19.7. The van der Waals surface area contributed by atoms with E-state index in [1.54, 1.807) is 11.7 Å². The number of aromatic nitrogens is 3. The van der Waals surface area contributed by atoms with Crippen LogP contribution in [0.25, 0.3) is 21.9 Å². The standard InChI is InChI=1S/C24H26N4O3S/c1-6-28-23(30)22-21(18-12-17(31-5)7-8-19(18)27(22)4)26-24(28)32-13-20(29)25-16-10-14(2)9-15(3)11-16/h7-12H,6,13H2,1-5H3,(H,25,29). The van der Waals surface area contributed by atoms with Crippen LogP contribution in [0.1, 0.15) is 18.1 Å². The van der Waals surface area contributed by atoms with E-state index in [0.29, 0.717) is 28.5 Å². The Kier molecular flexibility index (Phi) is 5.97. The molecule has 0 aliphatic rings. The molecule has 0 saturated heterocycles. The van der Waals surface area contributed by atoms with Crippen LogP contribution in [0, 0.1) is 13.8 Å². The monoisotopic (exact) mass is 450 g/mol. The van der Waals surface area contributed by atoms with Gasteiger partial charge in [0.05, 0.1) is 18.4 Å². The van der Waals surface area contributed by atoms with E-state index in [0.717, 1.165) is 27.7 Å². The maximum atomic E-state index is 13.3. The molecule has 0 spiro atoms. The molecule has 4 aromatic rings. The number of carbonyl (C=O) groups excluding carboxylic acids is 1. The van der Waals surface area contributed by atoms with Gasteiger partial charge in [-0.1, -0.05) is 17.8 Å². The Labute approximate surface area is 190 Å². The fraction of sp³-hybridized carbons (Fsp3) is 0.292. The van der Waals surface area contributed by atoms with E-state index in [-0.39, 0.29) is 17.2 Å². The van der Waals surface area contributed by atoms with Gasteiger partial charge >= 0.3 is 0 Å². The van der Waals surface area contributed by atoms with Gasteiger partial charge in [-0.05, 0) is 62.2 Å². The van der Waals surface area contributed by atoms with Gasteiger partial charge in [-0.3, -0.25) is 14.2 Å². The van der Waals surface area contributed by atoms with Crippen molar-refractivity contribution < 1.29 is 9.53 Å². The van der Waals surface area contributed by atoms with Crippen molar-refractivity contribution in [3.8, 4) is 5.75 Å². The summed E-state index contributed by atoms with van der Waals surface area (Å²) in [6.07, 6.45) is 0. The van der Waals surface area contributed by atoms with E-state index in [9.17, 15) is 9.59 Å². The molecule has 8 heteroatoms. The summed E-state index contributed by atoms with van der Waals surface area (Å²) in [5, 5.41) is 4.31. The Balaban J connectivity index is 1.69. The summed E-state index contributed by atoms with van der Waals surface area (Å²) in [5.41, 5.74) is 4.89. The lowest BCUT2D eigenvalue weighted by atomic mass is 10.1. The number of methoxy groups -OCH3 is 1. The summed E-state index contributed by atoms with van der Waals surface area (Å²) in [5.74, 6) is 0.712. The minimum atomic E-state index is -0.142. The Bertz CT molecular complexity index is 1380. The normalized spacial score (nSPS) is 11.3. The molecule has 0 aliphatic carbocycles. The van der Waals surface area contributed by atoms with Crippen LogP contribution in [0.4, 0.5) is 5.69 Å². The highest BCUT2D eigenvalue weighted by molar-refractivity contribution is 7.99. The van der Waals surface area contributed by atoms with Crippen LogP contribution >= 0.6 is 11.8 Å².